The Labute approximate surface area is 158 Å². The minimum absolute atomic E-state index is 0.188. The highest BCUT2D eigenvalue weighted by Gasteiger charge is 2.30. The Morgan fingerprint density at radius 2 is 2.04 bits per heavy atom. The Bertz CT molecular complexity index is 621. The topological polar surface area (TPSA) is 95.6 Å². The van der Waals surface area contributed by atoms with Crippen LogP contribution in [0, 0.1) is 12.8 Å². The van der Waals surface area contributed by atoms with Crippen LogP contribution in [0.5, 0.6) is 0 Å². The first-order valence-corrected chi connectivity index (χ1v) is 10.4. The number of hydrogen-bond donors (Lipinski definition) is 2. The van der Waals surface area contributed by atoms with Gasteiger partial charge in [0.15, 0.2) is 11.8 Å². The zero-order chi connectivity index (χ0) is 18.4. The lowest BCUT2D eigenvalue weighted by Crippen LogP contribution is -2.47. The van der Waals surface area contributed by atoms with Crippen molar-refractivity contribution in [3.8, 4) is 0 Å². The first-order chi connectivity index (χ1) is 12.7. The number of aryl methyl sites for hydroxylation is 1. The van der Waals surface area contributed by atoms with Crippen LogP contribution >= 0.6 is 11.8 Å². The number of nitrogens with zero attached hydrogens (tertiary/aromatic N) is 4. The molecule has 1 aromatic rings. The summed E-state index contributed by atoms with van der Waals surface area (Å²) in [7, 11) is 1.75. The fraction of sp³-hybridized carbons (Fsp3) is 0.765. The van der Waals surface area contributed by atoms with E-state index in [0.29, 0.717) is 30.2 Å². The highest BCUT2D eigenvalue weighted by molar-refractivity contribution is 7.99. The third-order valence-corrected chi connectivity index (χ3v) is 5.89. The summed E-state index contributed by atoms with van der Waals surface area (Å²) < 4.78 is 4.97. The maximum atomic E-state index is 12.6. The largest absolute Gasteiger partial charge is 0.354 e. The monoisotopic (exact) mass is 380 g/mol. The summed E-state index contributed by atoms with van der Waals surface area (Å²) in [5.41, 5.74) is 0. The molecular weight excluding hydrogens is 352 g/mol. The van der Waals surface area contributed by atoms with E-state index in [1.54, 1.807) is 14.0 Å². The van der Waals surface area contributed by atoms with Gasteiger partial charge in [0.25, 0.3) is 0 Å². The molecule has 0 atom stereocenters. The van der Waals surface area contributed by atoms with E-state index in [0.717, 1.165) is 56.2 Å². The van der Waals surface area contributed by atoms with Gasteiger partial charge in [-0.2, -0.15) is 16.7 Å². The normalized spacial score (nSPS) is 24.4. The van der Waals surface area contributed by atoms with Crippen molar-refractivity contribution in [2.45, 2.75) is 45.2 Å². The highest BCUT2D eigenvalue weighted by atomic mass is 32.2. The molecule has 2 heterocycles. The molecule has 0 radical (unpaired) electrons. The number of rotatable bonds is 4. The predicted molar refractivity (Wildman–Crippen MR) is 102 cm³/mol. The molecule has 2 fully saturated rings. The summed E-state index contributed by atoms with van der Waals surface area (Å²) in [6.45, 7) is 4.06. The first kappa shape index (κ1) is 19.0. The van der Waals surface area contributed by atoms with Gasteiger partial charge >= 0.3 is 0 Å². The molecule has 2 aliphatic rings. The molecule has 9 heteroatoms. The number of carbonyl (C=O) groups is 1. The summed E-state index contributed by atoms with van der Waals surface area (Å²) in [5, 5.41) is 10.5. The van der Waals surface area contributed by atoms with Crippen LogP contribution in [-0.4, -0.2) is 64.6 Å². The Morgan fingerprint density at radius 3 is 2.65 bits per heavy atom. The second-order valence-electron chi connectivity index (χ2n) is 6.79. The molecular formula is C17H28N6O2S. The molecule has 0 bridgehead atoms. The van der Waals surface area contributed by atoms with E-state index in [1.165, 1.54) is 0 Å². The summed E-state index contributed by atoms with van der Waals surface area (Å²) in [6.07, 6.45) is 3.87. The minimum atomic E-state index is 0.188. The molecule has 1 aromatic heterocycles. The van der Waals surface area contributed by atoms with Crippen molar-refractivity contribution < 1.29 is 9.32 Å². The van der Waals surface area contributed by atoms with Gasteiger partial charge in [-0.25, -0.2) is 0 Å². The maximum Gasteiger partial charge on any atom is 0.225 e. The van der Waals surface area contributed by atoms with Crippen LogP contribution in [-0.2, 0) is 11.3 Å². The summed E-state index contributed by atoms with van der Waals surface area (Å²) in [6, 6.07) is 0.342. The summed E-state index contributed by atoms with van der Waals surface area (Å²) >= 11 is 1.94. The van der Waals surface area contributed by atoms with E-state index in [1.807, 2.05) is 11.8 Å². The molecule has 1 saturated carbocycles. The average Bonchev–Trinajstić information content (AvgIpc) is 3.11. The number of thioether (sulfide) groups is 1. The number of amides is 1. The molecule has 1 aliphatic heterocycles. The van der Waals surface area contributed by atoms with Crippen LogP contribution in [0.25, 0.3) is 0 Å². The fourth-order valence-corrected chi connectivity index (χ4v) is 4.39. The molecule has 26 heavy (non-hydrogen) atoms. The van der Waals surface area contributed by atoms with E-state index in [4.69, 9.17) is 4.52 Å². The Balaban J connectivity index is 1.41. The Kier molecular flexibility index (Phi) is 6.76. The van der Waals surface area contributed by atoms with E-state index in [2.05, 4.69) is 30.7 Å². The third-order valence-electron chi connectivity index (χ3n) is 4.95. The van der Waals surface area contributed by atoms with E-state index >= 15 is 0 Å². The molecule has 1 amide bonds. The SMILES string of the molecule is CN=C(NCc1noc(C)n1)NC1CCC(C(=O)N2CCSCC2)CC1. The van der Waals surface area contributed by atoms with Crippen molar-refractivity contribution in [2.24, 2.45) is 10.9 Å². The smallest absolute Gasteiger partial charge is 0.225 e. The quantitative estimate of drug-likeness (QED) is 0.598. The van der Waals surface area contributed by atoms with Crippen LogP contribution in [0.15, 0.2) is 9.52 Å². The van der Waals surface area contributed by atoms with Crippen molar-refractivity contribution >= 4 is 23.6 Å². The van der Waals surface area contributed by atoms with Crippen molar-refractivity contribution in [1.29, 1.82) is 0 Å². The van der Waals surface area contributed by atoms with Crippen molar-refractivity contribution in [1.82, 2.24) is 25.7 Å². The van der Waals surface area contributed by atoms with Gasteiger partial charge in [0.05, 0.1) is 6.54 Å². The second kappa shape index (κ2) is 9.25. The van der Waals surface area contributed by atoms with Crippen LogP contribution in [0.1, 0.15) is 37.4 Å². The van der Waals surface area contributed by atoms with Gasteiger partial charge < -0.3 is 20.1 Å². The molecule has 3 rings (SSSR count). The molecule has 1 saturated heterocycles. The predicted octanol–water partition coefficient (Wildman–Crippen LogP) is 1.18. The summed E-state index contributed by atoms with van der Waals surface area (Å²) in [5.74, 6) is 4.59. The Morgan fingerprint density at radius 1 is 1.31 bits per heavy atom. The van der Waals surface area contributed by atoms with Crippen LogP contribution in [0.2, 0.25) is 0 Å². The molecule has 2 N–H and O–H groups in total. The maximum absolute atomic E-state index is 12.6. The number of aromatic nitrogens is 2. The molecule has 0 aromatic carbocycles. The fourth-order valence-electron chi connectivity index (χ4n) is 3.49. The van der Waals surface area contributed by atoms with Gasteiger partial charge in [-0.3, -0.25) is 9.79 Å². The van der Waals surface area contributed by atoms with Gasteiger partial charge in [0.1, 0.15) is 0 Å². The lowest BCUT2D eigenvalue weighted by molar-refractivity contribution is -0.136. The number of carbonyl (C=O) groups excluding carboxylic acids is 1. The number of hydrogen-bond acceptors (Lipinski definition) is 6. The number of guanidine groups is 1. The minimum Gasteiger partial charge on any atom is -0.354 e. The van der Waals surface area contributed by atoms with Gasteiger partial charge in [-0.1, -0.05) is 5.16 Å². The number of nitrogens with one attached hydrogen (secondary N) is 2. The van der Waals surface area contributed by atoms with Crippen molar-refractivity contribution in [3.05, 3.63) is 11.7 Å². The molecule has 1 aliphatic carbocycles. The van der Waals surface area contributed by atoms with E-state index < -0.39 is 0 Å². The summed E-state index contributed by atoms with van der Waals surface area (Å²) in [4.78, 5) is 23.1. The molecule has 0 spiro atoms. The molecule has 0 unspecified atom stereocenters. The third kappa shape index (κ3) is 5.12. The first-order valence-electron chi connectivity index (χ1n) is 9.28. The van der Waals surface area contributed by atoms with Gasteiger partial charge in [-0.05, 0) is 25.7 Å². The van der Waals surface area contributed by atoms with Crippen LogP contribution in [0.4, 0.5) is 0 Å². The van der Waals surface area contributed by atoms with E-state index in [9.17, 15) is 4.79 Å². The Hall–Kier alpha value is -1.77. The zero-order valence-electron chi connectivity index (χ0n) is 15.5. The zero-order valence-corrected chi connectivity index (χ0v) is 16.3. The average molecular weight is 381 g/mol. The van der Waals surface area contributed by atoms with Gasteiger partial charge in [0.2, 0.25) is 11.8 Å². The van der Waals surface area contributed by atoms with Gasteiger partial charge in [-0.15, -0.1) is 0 Å². The lowest BCUT2D eigenvalue weighted by Gasteiger charge is -2.34. The highest BCUT2D eigenvalue weighted by Crippen LogP contribution is 2.27. The number of aliphatic imine (C=N–C) groups is 1. The lowest BCUT2D eigenvalue weighted by atomic mass is 9.85. The van der Waals surface area contributed by atoms with Crippen LogP contribution in [0.3, 0.4) is 0 Å². The molecule has 144 valence electrons. The second-order valence-corrected chi connectivity index (χ2v) is 8.01. The van der Waals surface area contributed by atoms with Crippen LogP contribution < -0.4 is 10.6 Å². The van der Waals surface area contributed by atoms with Crippen molar-refractivity contribution in [2.75, 3.05) is 31.6 Å². The standard InChI is InChI=1S/C17H28N6O2S/c1-12-20-15(22-25-12)11-19-17(18-2)21-14-5-3-13(4-6-14)16(24)23-7-9-26-10-8-23/h13-14H,3-11H2,1-2H3,(H2,18,19,21). The van der Waals surface area contributed by atoms with E-state index in [-0.39, 0.29) is 5.92 Å². The van der Waals surface area contributed by atoms with Crippen molar-refractivity contribution in [3.63, 3.8) is 0 Å². The molecule has 8 nitrogen and oxygen atoms in total. The van der Waals surface area contributed by atoms with Gasteiger partial charge in [0, 0.05) is 50.5 Å².